The van der Waals surface area contributed by atoms with Gasteiger partial charge in [0.2, 0.25) is 0 Å². The van der Waals surface area contributed by atoms with Gasteiger partial charge in [-0.15, -0.1) is 0 Å². The Labute approximate surface area is 151 Å². The summed E-state index contributed by atoms with van der Waals surface area (Å²) >= 11 is 0. The molecule has 5 nitrogen and oxygen atoms in total. The van der Waals surface area contributed by atoms with Crippen LogP contribution in [0.25, 0.3) is 5.65 Å². The average molecular weight is 354 g/mol. The van der Waals surface area contributed by atoms with Crippen molar-refractivity contribution in [1.82, 2.24) is 19.5 Å². The minimum Gasteiger partial charge on any atom is -0.292 e. The van der Waals surface area contributed by atoms with Crippen LogP contribution in [-0.4, -0.2) is 26.0 Å². The molecule has 1 saturated heterocycles. The van der Waals surface area contributed by atoms with Crippen molar-refractivity contribution in [2.75, 3.05) is 6.54 Å². The van der Waals surface area contributed by atoms with E-state index in [2.05, 4.69) is 15.0 Å². The first kappa shape index (κ1) is 17.0. The third-order valence-electron chi connectivity index (χ3n) is 5.41. The molecule has 26 heavy (non-hydrogen) atoms. The van der Waals surface area contributed by atoms with E-state index in [1.165, 1.54) is 10.6 Å². The summed E-state index contributed by atoms with van der Waals surface area (Å²) in [5, 5.41) is 3.24. The Hall–Kier alpha value is -2.47. The number of fused-ring (bicyclic) bond motifs is 1. The largest absolute Gasteiger partial charge is 0.292 e. The lowest BCUT2D eigenvalue weighted by atomic mass is 9.98. The lowest BCUT2D eigenvalue weighted by Crippen LogP contribution is -2.33. The molecule has 3 heterocycles. The van der Waals surface area contributed by atoms with E-state index in [0.29, 0.717) is 23.3 Å². The van der Waals surface area contributed by atoms with Crippen molar-refractivity contribution >= 4 is 5.65 Å². The van der Waals surface area contributed by atoms with E-state index in [1.807, 2.05) is 25.1 Å². The number of benzene rings is 1. The molecule has 2 aromatic heterocycles. The molecule has 0 bridgehead atoms. The second-order valence-corrected chi connectivity index (χ2v) is 7.11. The molecule has 0 radical (unpaired) electrons. The van der Waals surface area contributed by atoms with Gasteiger partial charge < -0.3 is 0 Å². The van der Waals surface area contributed by atoms with Gasteiger partial charge in [-0.05, 0) is 39.3 Å². The molecular formula is C20H23FN4O. The maximum atomic E-state index is 14.1. The number of hydrogen-bond donors (Lipinski definition) is 1. The Bertz CT molecular complexity index is 1010. The minimum absolute atomic E-state index is 0.0600. The molecule has 0 spiro atoms. The normalized spacial score (nSPS) is 18.5. The Morgan fingerprint density at radius 2 is 2.08 bits per heavy atom. The number of likely N-dealkylation sites (tertiary alicyclic amines) is 1. The highest BCUT2D eigenvalue weighted by atomic mass is 19.1. The number of nitrogens with zero attached hydrogens (tertiary/aromatic N) is 3. The molecule has 1 aromatic carbocycles. The maximum absolute atomic E-state index is 14.1. The molecule has 0 amide bonds. The van der Waals surface area contributed by atoms with Crippen molar-refractivity contribution in [3.05, 3.63) is 69.0 Å². The summed E-state index contributed by atoms with van der Waals surface area (Å²) in [7, 11) is 0. The summed E-state index contributed by atoms with van der Waals surface area (Å²) in [5.74, 6) is -0.169. The van der Waals surface area contributed by atoms with E-state index in [4.69, 9.17) is 0 Å². The first-order valence-electron chi connectivity index (χ1n) is 9.11. The van der Waals surface area contributed by atoms with Gasteiger partial charge in [-0.25, -0.2) is 13.9 Å². The first-order chi connectivity index (χ1) is 12.5. The Morgan fingerprint density at radius 1 is 1.27 bits per heavy atom. The highest BCUT2D eigenvalue weighted by Gasteiger charge is 2.26. The van der Waals surface area contributed by atoms with Gasteiger partial charge >= 0.3 is 0 Å². The number of aryl methyl sites for hydroxylation is 1. The molecule has 1 N–H and O–H groups in total. The number of nitrogens with one attached hydrogen (secondary N) is 1. The molecule has 1 atom stereocenters. The van der Waals surface area contributed by atoms with Gasteiger partial charge in [0.05, 0.1) is 11.7 Å². The Morgan fingerprint density at radius 3 is 2.88 bits per heavy atom. The van der Waals surface area contributed by atoms with Gasteiger partial charge in [-0.2, -0.15) is 0 Å². The zero-order chi connectivity index (χ0) is 18.3. The summed E-state index contributed by atoms with van der Waals surface area (Å²) in [6.45, 7) is 5.12. The number of aromatic amines is 1. The van der Waals surface area contributed by atoms with E-state index >= 15 is 0 Å². The van der Waals surface area contributed by atoms with Crippen molar-refractivity contribution in [3.8, 4) is 0 Å². The van der Waals surface area contributed by atoms with Crippen LogP contribution in [0.2, 0.25) is 0 Å². The molecular weight excluding hydrogens is 331 g/mol. The lowest BCUT2D eigenvalue weighted by molar-refractivity contribution is 0.135. The zero-order valence-electron chi connectivity index (χ0n) is 15.1. The third kappa shape index (κ3) is 2.94. The van der Waals surface area contributed by atoms with Crippen LogP contribution in [0, 0.1) is 19.7 Å². The van der Waals surface area contributed by atoms with Crippen LogP contribution < -0.4 is 5.56 Å². The monoisotopic (exact) mass is 354 g/mol. The quantitative estimate of drug-likeness (QED) is 0.783. The van der Waals surface area contributed by atoms with Crippen LogP contribution in [0.15, 0.2) is 35.1 Å². The van der Waals surface area contributed by atoms with E-state index in [1.54, 1.807) is 13.0 Å². The number of aromatic nitrogens is 3. The SMILES string of the molecule is Cc1nc2cc(C3CCCCN3Cc3ccccc3F)[nH]n2c(=O)c1C. The van der Waals surface area contributed by atoms with Crippen LogP contribution in [0.4, 0.5) is 4.39 Å². The van der Waals surface area contributed by atoms with Crippen molar-refractivity contribution in [1.29, 1.82) is 0 Å². The van der Waals surface area contributed by atoms with E-state index in [0.717, 1.165) is 37.2 Å². The van der Waals surface area contributed by atoms with Gasteiger partial charge in [0.1, 0.15) is 5.82 Å². The van der Waals surface area contributed by atoms with Crippen molar-refractivity contribution in [2.45, 2.75) is 45.7 Å². The molecule has 3 aromatic rings. The number of H-pyrrole nitrogens is 1. The molecule has 0 saturated carbocycles. The van der Waals surface area contributed by atoms with Crippen molar-refractivity contribution in [3.63, 3.8) is 0 Å². The van der Waals surface area contributed by atoms with Gasteiger partial charge in [-0.1, -0.05) is 24.6 Å². The molecule has 1 aliphatic rings. The van der Waals surface area contributed by atoms with Crippen LogP contribution >= 0.6 is 0 Å². The first-order valence-corrected chi connectivity index (χ1v) is 9.11. The van der Waals surface area contributed by atoms with Crippen molar-refractivity contribution < 1.29 is 4.39 Å². The maximum Gasteiger partial charge on any atom is 0.275 e. The van der Waals surface area contributed by atoms with Crippen LogP contribution in [0.1, 0.15) is 47.8 Å². The fourth-order valence-corrected chi connectivity index (χ4v) is 3.79. The second kappa shape index (κ2) is 6.68. The van der Waals surface area contributed by atoms with Gasteiger partial charge in [0.15, 0.2) is 5.65 Å². The summed E-state index contributed by atoms with van der Waals surface area (Å²) in [6.07, 6.45) is 3.20. The number of halogens is 1. The molecule has 4 rings (SSSR count). The fraction of sp³-hybridized carbons (Fsp3) is 0.400. The predicted molar refractivity (Wildman–Crippen MR) is 98.7 cm³/mol. The Kier molecular flexibility index (Phi) is 4.36. The van der Waals surface area contributed by atoms with Crippen LogP contribution in [-0.2, 0) is 6.54 Å². The standard InChI is InChI=1S/C20H23FN4O/c1-13-14(2)22-19-11-17(23-25(19)20(13)26)18-9-5-6-10-24(18)12-15-7-3-4-8-16(15)21/h3-4,7-8,11,18,23H,5-6,9-10,12H2,1-2H3. The van der Waals surface area contributed by atoms with E-state index < -0.39 is 0 Å². The molecule has 1 unspecified atom stereocenters. The van der Waals surface area contributed by atoms with Crippen molar-refractivity contribution in [2.24, 2.45) is 0 Å². The fourth-order valence-electron chi connectivity index (χ4n) is 3.79. The average Bonchev–Trinajstić information content (AvgIpc) is 3.06. The second-order valence-electron chi connectivity index (χ2n) is 7.11. The highest BCUT2D eigenvalue weighted by molar-refractivity contribution is 5.42. The zero-order valence-corrected chi connectivity index (χ0v) is 15.1. The summed E-state index contributed by atoms with van der Waals surface area (Å²) in [4.78, 5) is 19.3. The minimum atomic E-state index is -0.169. The van der Waals surface area contributed by atoms with E-state index in [-0.39, 0.29) is 17.4 Å². The number of rotatable bonds is 3. The molecule has 6 heteroatoms. The number of hydrogen-bond acceptors (Lipinski definition) is 3. The molecule has 1 fully saturated rings. The van der Waals surface area contributed by atoms with Gasteiger partial charge in [0.25, 0.3) is 5.56 Å². The predicted octanol–water partition coefficient (Wildman–Crippen LogP) is 3.51. The molecule has 136 valence electrons. The summed E-state index contributed by atoms with van der Waals surface area (Å²) in [6, 6.07) is 9.02. The van der Waals surface area contributed by atoms with Gasteiger partial charge in [-0.3, -0.25) is 14.8 Å². The third-order valence-corrected chi connectivity index (χ3v) is 5.41. The molecule has 0 aliphatic carbocycles. The Balaban J connectivity index is 1.70. The van der Waals surface area contributed by atoms with Crippen LogP contribution in [0.3, 0.4) is 0 Å². The summed E-state index contributed by atoms with van der Waals surface area (Å²) < 4.78 is 15.6. The lowest BCUT2D eigenvalue weighted by Gasteiger charge is -2.35. The number of piperidine rings is 1. The highest BCUT2D eigenvalue weighted by Crippen LogP contribution is 2.32. The smallest absolute Gasteiger partial charge is 0.275 e. The van der Waals surface area contributed by atoms with Gasteiger partial charge in [0, 0.05) is 29.4 Å². The topological polar surface area (TPSA) is 53.4 Å². The van der Waals surface area contributed by atoms with E-state index in [9.17, 15) is 9.18 Å². The molecule has 1 aliphatic heterocycles. The summed E-state index contributed by atoms with van der Waals surface area (Å²) in [5.41, 5.74) is 3.67. The van der Waals surface area contributed by atoms with Crippen LogP contribution in [0.5, 0.6) is 0 Å².